The second-order valence-corrected chi connectivity index (χ2v) is 1.15. The highest BCUT2D eigenvalue weighted by Crippen LogP contribution is 1.72. The Hall–Kier alpha value is -0.990. The molecule has 0 heterocycles. The largest absolute Gasteiger partial charge is 0.304 e. The average Bonchev–Trinajstić information content (AvgIpc) is 1.86. The topological polar surface area (TPSA) is 51.2 Å². The molecule has 52 valence electrons. The Kier molecular flexibility index (Phi) is 19.1. The maximum Gasteiger partial charge on any atom is 0.120 e. The van der Waals surface area contributed by atoms with Crippen LogP contribution in [-0.2, 0) is 14.4 Å². The van der Waals surface area contributed by atoms with Crippen LogP contribution in [0.3, 0.4) is 0 Å². The zero-order valence-corrected chi connectivity index (χ0v) is 5.37. The zero-order chi connectivity index (χ0) is 7.54. The molecule has 0 saturated heterocycles. The molecular weight excluding hydrogens is 120 g/mol. The molecule has 0 spiro atoms. The highest BCUT2D eigenvalue weighted by atomic mass is 16.1. The third-order valence-electron chi connectivity index (χ3n) is 0.402. The molecule has 3 nitrogen and oxygen atoms in total. The SMILES string of the molecule is CC=O.O=CCCC=O. The van der Waals surface area contributed by atoms with Crippen molar-refractivity contribution < 1.29 is 14.4 Å². The van der Waals surface area contributed by atoms with Crippen molar-refractivity contribution in [2.75, 3.05) is 0 Å². The molecule has 0 amide bonds. The van der Waals surface area contributed by atoms with Gasteiger partial charge in [0.2, 0.25) is 0 Å². The first-order valence-corrected chi connectivity index (χ1v) is 2.60. The van der Waals surface area contributed by atoms with Crippen LogP contribution < -0.4 is 0 Å². The maximum atomic E-state index is 9.40. The van der Waals surface area contributed by atoms with E-state index in [1.165, 1.54) is 6.92 Å². The lowest BCUT2D eigenvalue weighted by Gasteiger charge is -1.68. The molecule has 9 heavy (non-hydrogen) atoms. The lowest BCUT2D eigenvalue weighted by Crippen LogP contribution is -1.73. The van der Waals surface area contributed by atoms with Gasteiger partial charge in [-0.25, -0.2) is 0 Å². The lowest BCUT2D eigenvalue weighted by molar-refractivity contribution is -0.112. The Morgan fingerprint density at radius 3 is 1.33 bits per heavy atom. The van der Waals surface area contributed by atoms with E-state index in [9.17, 15) is 9.59 Å². The number of aldehydes is 3. The van der Waals surface area contributed by atoms with Crippen molar-refractivity contribution in [3.8, 4) is 0 Å². The van der Waals surface area contributed by atoms with E-state index in [0.29, 0.717) is 12.8 Å². The summed E-state index contributed by atoms with van der Waals surface area (Å²) in [4.78, 5) is 27.6. The van der Waals surface area contributed by atoms with E-state index < -0.39 is 0 Å². The number of carbonyl (C=O) groups excluding carboxylic acids is 3. The minimum absolute atomic E-state index is 0.365. The van der Waals surface area contributed by atoms with Gasteiger partial charge < -0.3 is 14.4 Å². The van der Waals surface area contributed by atoms with Gasteiger partial charge in [0.05, 0.1) is 0 Å². The molecule has 0 saturated carbocycles. The van der Waals surface area contributed by atoms with Crippen LogP contribution >= 0.6 is 0 Å². The van der Waals surface area contributed by atoms with Crippen molar-refractivity contribution in [3.05, 3.63) is 0 Å². The number of unbranched alkanes of at least 4 members (excludes halogenated alkanes) is 1. The van der Waals surface area contributed by atoms with E-state index in [4.69, 9.17) is 4.79 Å². The fourth-order valence-electron chi connectivity index (χ4n) is 0.136. The standard InChI is InChI=1S/C4H6O2.C2H4O/c5-3-1-2-4-6;1-2-3/h3-4H,1-2H2;2H,1H3. The van der Waals surface area contributed by atoms with Crippen molar-refractivity contribution in [2.45, 2.75) is 19.8 Å². The first kappa shape index (κ1) is 10.9. The van der Waals surface area contributed by atoms with Crippen LogP contribution in [0.25, 0.3) is 0 Å². The van der Waals surface area contributed by atoms with E-state index in [0.717, 1.165) is 18.9 Å². The highest BCUT2D eigenvalue weighted by Gasteiger charge is 1.74. The summed E-state index contributed by atoms with van der Waals surface area (Å²) in [5.41, 5.74) is 0. The molecule has 0 N–H and O–H groups in total. The van der Waals surface area contributed by atoms with Crippen LogP contribution in [-0.4, -0.2) is 18.9 Å². The summed E-state index contributed by atoms with van der Waals surface area (Å²) in [5.74, 6) is 0. The Morgan fingerprint density at radius 2 is 1.22 bits per heavy atom. The van der Waals surface area contributed by atoms with E-state index in [-0.39, 0.29) is 0 Å². The van der Waals surface area contributed by atoms with Gasteiger partial charge in [0.25, 0.3) is 0 Å². The Bertz CT molecular complexity index is 70.4. The van der Waals surface area contributed by atoms with E-state index >= 15 is 0 Å². The summed E-state index contributed by atoms with van der Waals surface area (Å²) in [6.45, 7) is 1.44. The molecule has 0 rings (SSSR count). The normalized spacial score (nSPS) is 6.33. The van der Waals surface area contributed by atoms with Crippen LogP contribution in [0.2, 0.25) is 0 Å². The quantitative estimate of drug-likeness (QED) is 0.409. The average molecular weight is 130 g/mol. The predicted molar refractivity (Wildman–Crippen MR) is 33.1 cm³/mol. The molecule has 0 aliphatic rings. The second kappa shape index (κ2) is 15.7. The molecule has 0 aromatic rings. The van der Waals surface area contributed by atoms with Crippen molar-refractivity contribution in [2.24, 2.45) is 0 Å². The highest BCUT2D eigenvalue weighted by molar-refractivity contribution is 5.58. The monoisotopic (exact) mass is 130 g/mol. The number of carbonyl (C=O) groups is 3. The van der Waals surface area contributed by atoms with Gasteiger partial charge in [-0.15, -0.1) is 0 Å². The van der Waals surface area contributed by atoms with Crippen LogP contribution in [0, 0.1) is 0 Å². The van der Waals surface area contributed by atoms with Gasteiger partial charge in [0.15, 0.2) is 0 Å². The van der Waals surface area contributed by atoms with Crippen molar-refractivity contribution in [1.29, 1.82) is 0 Å². The van der Waals surface area contributed by atoms with Crippen molar-refractivity contribution in [3.63, 3.8) is 0 Å². The fraction of sp³-hybridized carbons (Fsp3) is 0.500. The number of hydrogen-bond donors (Lipinski definition) is 0. The molecule has 0 aromatic carbocycles. The lowest BCUT2D eigenvalue weighted by atomic mass is 10.4. The Morgan fingerprint density at radius 1 is 1.00 bits per heavy atom. The molecule has 3 heteroatoms. The third-order valence-corrected chi connectivity index (χ3v) is 0.402. The van der Waals surface area contributed by atoms with E-state index in [1.54, 1.807) is 0 Å². The van der Waals surface area contributed by atoms with Crippen molar-refractivity contribution in [1.82, 2.24) is 0 Å². The van der Waals surface area contributed by atoms with Crippen LogP contribution in [0.15, 0.2) is 0 Å². The molecule has 0 aromatic heterocycles. The number of hydrogen-bond acceptors (Lipinski definition) is 3. The summed E-state index contributed by atoms with van der Waals surface area (Å²) in [5, 5.41) is 0. The molecular formula is C6H10O3. The summed E-state index contributed by atoms with van der Waals surface area (Å²) in [6, 6.07) is 0. The Labute approximate surface area is 54.1 Å². The first-order chi connectivity index (χ1) is 4.33. The molecule has 0 atom stereocenters. The Balaban J connectivity index is 0. The third kappa shape index (κ3) is 43.6. The second-order valence-electron chi connectivity index (χ2n) is 1.15. The number of rotatable bonds is 3. The maximum absolute atomic E-state index is 9.40. The van der Waals surface area contributed by atoms with Gasteiger partial charge >= 0.3 is 0 Å². The fourth-order valence-corrected chi connectivity index (χ4v) is 0.136. The smallest absolute Gasteiger partial charge is 0.120 e. The van der Waals surface area contributed by atoms with Gasteiger partial charge in [-0.05, 0) is 6.92 Å². The van der Waals surface area contributed by atoms with Gasteiger partial charge in [0.1, 0.15) is 18.9 Å². The summed E-state index contributed by atoms with van der Waals surface area (Å²) < 4.78 is 0. The molecule has 0 unspecified atom stereocenters. The van der Waals surface area contributed by atoms with Gasteiger partial charge in [0, 0.05) is 12.8 Å². The summed E-state index contributed by atoms with van der Waals surface area (Å²) in [6.07, 6.45) is 2.94. The molecule has 0 aliphatic heterocycles. The van der Waals surface area contributed by atoms with E-state index in [1.807, 2.05) is 0 Å². The minimum atomic E-state index is 0.365. The molecule has 0 radical (unpaired) electrons. The van der Waals surface area contributed by atoms with Crippen LogP contribution in [0.1, 0.15) is 19.8 Å². The predicted octanol–water partition coefficient (Wildman–Crippen LogP) is 0.370. The van der Waals surface area contributed by atoms with Crippen LogP contribution in [0.5, 0.6) is 0 Å². The summed E-state index contributed by atoms with van der Waals surface area (Å²) >= 11 is 0. The first-order valence-electron chi connectivity index (χ1n) is 2.60. The van der Waals surface area contributed by atoms with Gasteiger partial charge in [-0.2, -0.15) is 0 Å². The van der Waals surface area contributed by atoms with Gasteiger partial charge in [-0.1, -0.05) is 0 Å². The summed E-state index contributed by atoms with van der Waals surface area (Å²) in [7, 11) is 0. The minimum Gasteiger partial charge on any atom is -0.304 e. The van der Waals surface area contributed by atoms with Crippen molar-refractivity contribution >= 4 is 18.9 Å². The molecule has 0 aliphatic carbocycles. The van der Waals surface area contributed by atoms with E-state index in [2.05, 4.69) is 0 Å². The molecule has 0 bridgehead atoms. The molecule has 0 fully saturated rings. The van der Waals surface area contributed by atoms with Crippen LogP contribution in [0.4, 0.5) is 0 Å². The van der Waals surface area contributed by atoms with Gasteiger partial charge in [-0.3, -0.25) is 0 Å². The zero-order valence-electron chi connectivity index (χ0n) is 5.37.